The molecule has 0 bridgehead atoms. The number of benzene rings is 2. The Balaban J connectivity index is 1.41. The van der Waals surface area contributed by atoms with Gasteiger partial charge in [-0.25, -0.2) is 0 Å². The molecule has 2 heteroatoms. The fourth-order valence-corrected chi connectivity index (χ4v) is 36.0. The molecule has 2 aromatic carbocycles. The van der Waals surface area contributed by atoms with E-state index in [0.29, 0.717) is 0 Å². The third-order valence-electron chi connectivity index (χ3n) is 7.59. The SMILES string of the molecule is C[SiH](C)[Hf]([CH]1C=Cc2cc3c(cc21)CCC3)[CH]1C=Cc2cc3c(cc21)CCC3. The van der Waals surface area contributed by atoms with Crippen LogP contribution in [0, 0.1) is 0 Å². The summed E-state index contributed by atoms with van der Waals surface area (Å²) in [7, 11) is 0. The van der Waals surface area contributed by atoms with Crippen LogP contribution < -0.4 is 0 Å². The second-order valence-corrected chi connectivity index (χ2v) is 37.8. The molecule has 0 fully saturated rings. The van der Waals surface area contributed by atoms with Gasteiger partial charge in [0.25, 0.3) is 0 Å². The van der Waals surface area contributed by atoms with Gasteiger partial charge in [-0.15, -0.1) is 0 Å². The van der Waals surface area contributed by atoms with E-state index >= 15 is 0 Å². The van der Waals surface area contributed by atoms with Gasteiger partial charge in [0.2, 0.25) is 0 Å². The van der Waals surface area contributed by atoms with E-state index in [9.17, 15) is 0 Å². The third kappa shape index (κ3) is 2.70. The van der Waals surface area contributed by atoms with Crippen molar-refractivity contribution in [2.75, 3.05) is 0 Å². The van der Waals surface area contributed by atoms with Crippen molar-refractivity contribution in [3.8, 4) is 0 Å². The zero-order valence-electron chi connectivity index (χ0n) is 17.1. The van der Waals surface area contributed by atoms with E-state index in [0.717, 1.165) is 7.35 Å². The quantitative estimate of drug-likeness (QED) is 0.407. The summed E-state index contributed by atoms with van der Waals surface area (Å²) in [5, 5.41) is 0. The molecule has 0 saturated heterocycles. The molecular weight excluding hydrogens is 519 g/mol. The Morgan fingerprint density at radius 2 is 1.11 bits per heavy atom. The van der Waals surface area contributed by atoms with Gasteiger partial charge in [-0.1, -0.05) is 0 Å². The van der Waals surface area contributed by atoms with Gasteiger partial charge < -0.3 is 0 Å². The maximum atomic E-state index is 2.67. The van der Waals surface area contributed by atoms with Crippen LogP contribution in [0.3, 0.4) is 0 Å². The van der Waals surface area contributed by atoms with E-state index < -0.39 is 26.6 Å². The summed E-state index contributed by atoms with van der Waals surface area (Å²) >= 11 is -1.91. The first-order valence-electron chi connectivity index (χ1n) is 11.2. The van der Waals surface area contributed by atoms with Gasteiger partial charge in [0, 0.05) is 0 Å². The van der Waals surface area contributed by atoms with Crippen LogP contribution in [0.4, 0.5) is 0 Å². The van der Waals surface area contributed by atoms with Crippen molar-refractivity contribution in [2.45, 2.75) is 59.0 Å². The molecule has 0 aromatic heterocycles. The van der Waals surface area contributed by atoms with E-state index in [1.54, 1.807) is 44.5 Å². The summed E-state index contributed by atoms with van der Waals surface area (Å²) in [5.41, 5.74) is 13.2. The van der Waals surface area contributed by atoms with Gasteiger partial charge in [-0.05, 0) is 0 Å². The number of fused-ring (bicyclic) bond motifs is 4. The van der Waals surface area contributed by atoms with E-state index in [4.69, 9.17) is 0 Å². The summed E-state index contributed by atoms with van der Waals surface area (Å²) < 4.78 is 1.65. The van der Waals surface area contributed by atoms with Crippen LogP contribution in [0.1, 0.15) is 64.7 Å². The molecule has 0 N–H and O–H groups in total. The summed E-state index contributed by atoms with van der Waals surface area (Å²) in [4.78, 5) is 0. The first-order chi connectivity index (χ1) is 13.7. The van der Waals surface area contributed by atoms with Gasteiger partial charge in [-0.2, -0.15) is 0 Å². The Morgan fingerprint density at radius 3 is 1.54 bits per heavy atom. The van der Waals surface area contributed by atoms with Crippen LogP contribution in [0.25, 0.3) is 12.2 Å². The Hall–Kier alpha value is -0.993. The van der Waals surface area contributed by atoms with Crippen LogP contribution in [-0.4, -0.2) is 5.98 Å². The third-order valence-corrected chi connectivity index (χ3v) is 37.9. The first kappa shape index (κ1) is 17.8. The molecule has 0 saturated carbocycles. The summed E-state index contributed by atoms with van der Waals surface area (Å²) in [6.07, 6.45) is 18.2. The van der Waals surface area contributed by atoms with E-state index in [2.05, 4.69) is 61.7 Å². The van der Waals surface area contributed by atoms with Gasteiger partial charge in [0.1, 0.15) is 0 Å². The first-order valence-corrected chi connectivity index (χ1v) is 24.5. The maximum absolute atomic E-state index is 2.67. The molecule has 141 valence electrons. The minimum absolute atomic E-state index is 0.641. The van der Waals surface area contributed by atoms with Crippen LogP contribution in [0.5, 0.6) is 0 Å². The number of allylic oxidation sites excluding steroid dienone is 2. The van der Waals surface area contributed by atoms with Gasteiger partial charge in [0.05, 0.1) is 0 Å². The summed E-state index contributed by atoms with van der Waals surface area (Å²) in [5.74, 6) is -0.641. The normalized spacial score (nSPS) is 23.2. The predicted octanol–water partition coefficient (Wildman–Crippen LogP) is 6.10. The van der Waals surface area contributed by atoms with Crippen molar-refractivity contribution in [1.29, 1.82) is 0 Å². The zero-order chi connectivity index (χ0) is 18.8. The van der Waals surface area contributed by atoms with Gasteiger partial charge in [-0.3, -0.25) is 0 Å². The Labute approximate surface area is 177 Å². The molecule has 4 aliphatic carbocycles. The van der Waals surface area contributed by atoms with Gasteiger partial charge in [0.15, 0.2) is 0 Å². The van der Waals surface area contributed by atoms with Crippen molar-refractivity contribution < 1.29 is 20.6 Å². The predicted molar refractivity (Wildman–Crippen MR) is 119 cm³/mol. The molecule has 0 nitrogen and oxygen atoms in total. The van der Waals surface area contributed by atoms with Crippen LogP contribution >= 0.6 is 0 Å². The monoisotopic (exact) mass is 549 g/mol. The van der Waals surface area contributed by atoms with E-state index in [1.807, 2.05) is 0 Å². The van der Waals surface area contributed by atoms with E-state index in [1.165, 1.54) is 38.5 Å². The van der Waals surface area contributed by atoms with Gasteiger partial charge >= 0.3 is 179 Å². The Kier molecular flexibility index (Phi) is 4.31. The standard InChI is InChI=1S/2C12H11.C2H7Si.Hf/c2*1-3-9-7-11-5-2-6-12(11)8-10(9)4-1;1-3-2;/h2*1,3-4,7-8H,2,5-6H2;3H,1-2H3;. The Morgan fingerprint density at radius 1 is 0.679 bits per heavy atom. The van der Waals surface area contributed by atoms with Crippen molar-refractivity contribution in [3.63, 3.8) is 0 Å². The molecule has 6 rings (SSSR count). The molecular formula is C26H29HfSi. The number of rotatable bonds is 3. The average molecular weight is 548 g/mol. The summed E-state index contributed by atoms with van der Waals surface area (Å²) in [6, 6.07) is 10.4. The molecule has 0 heterocycles. The topological polar surface area (TPSA) is 0 Å². The van der Waals surface area contributed by atoms with Crippen molar-refractivity contribution in [3.05, 3.63) is 80.9 Å². The molecule has 0 radical (unpaired) electrons. The zero-order valence-corrected chi connectivity index (χ0v) is 21.8. The fraction of sp³-hybridized carbons (Fsp3) is 0.385. The molecule has 0 amide bonds. The van der Waals surface area contributed by atoms with Crippen molar-refractivity contribution in [2.24, 2.45) is 0 Å². The van der Waals surface area contributed by atoms with E-state index in [-0.39, 0.29) is 0 Å². The average Bonchev–Trinajstić information content (AvgIpc) is 3.45. The minimum atomic E-state index is -1.91. The second-order valence-electron chi connectivity index (χ2n) is 9.54. The van der Waals surface area contributed by atoms with Crippen molar-refractivity contribution >= 4 is 18.1 Å². The molecule has 2 atom stereocenters. The molecule has 0 spiro atoms. The molecule has 2 unspecified atom stereocenters. The Bertz CT molecular complexity index is 950. The molecule has 0 aliphatic heterocycles. The fourth-order valence-electron chi connectivity index (χ4n) is 6.25. The number of hydrogen-bond donors (Lipinski definition) is 0. The second kappa shape index (κ2) is 6.77. The molecule has 4 aliphatic rings. The van der Waals surface area contributed by atoms with Crippen LogP contribution in [-0.2, 0) is 46.3 Å². The molecule has 28 heavy (non-hydrogen) atoms. The summed E-state index contributed by atoms with van der Waals surface area (Å²) in [6.45, 7) is 5.33. The van der Waals surface area contributed by atoms with Crippen molar-refractivity contribution in [1.82, 2.24) is 0 Å². The van der Waals surface area contributed by atoms with Crippen LogP contribution in [0.2, 0.25) is 13.1 Å². The molecule has 2 aromatic rings. The number of aryl methyl sites for hydroxylation is 4. The number of hydrogen-bond acceptors (Lipinski definition) is 0. The van der Waals surface area contributed by atoms with Crippen LogP contribution in [0.15, 0.2) is 36.4 Å².